The predicted molar refractivity (Wildman–Crippen MR) is 106 cm³/mol. The number of amides is 2. The average molecular weight is 380 g/mol. The molecule has 2 aromatic heterocycles. The first-order valence-corrected chi connectivity index (χ1v) is 9.18. The van der Waals surface area contributed by atoms with Gasteiger partial charge in [0.15, 0.2) is 5.69 Å². The molecule has 146 valence electrons. The van der Waals surface area contributed by atoms with Gasteiger partial charge in [-0.1, -0.05) is 35.9 Å². The lowest BCUT2D eigenvalue weighted by atomic mass is 10.1. The Morgan fingerprint density at radius 2 is 1.86 bits per heavy atom. The van der Waals surface area contributed by atoms with E-state index in [-0.39, 0.29) is 23.3 Å². The molecule has 0 aliphatic rings. The van der Waals surface area contributed by atoms with Crippen LogP contribution in [0.5, 0.6) is 0 Å². The lowest BCUT2D eigenvalue weighted by Gasteiger charge is -2.05. The number of nitrogens with one attached hydrogen (secondary N) is 2. The van der Waals surface area contributed by atoms with Crippen molar-refractivity contribution >= 4 is 17.3 Å². The molecule has 0 aliphatic carbocycles. The molecule has 0 spiro atoms. The van der Waals surface area contributed by atoms with Crippen molar-refractivity contribution in [2.24, 2.45) is 0 Å². The van der Waals surface area contributed by atoms with Crippen LogP contribution in [0.4, 0.5) is 0 Å². The van der Waals surface area contributed by atoms with E-state index in [1.807, 2.05) is 37.3 Å². The van der Waals surface area contributed by atoms with Crippen LogP contribution in [0.15, 0.2) is 48.7 Å². The monoisotopic (exact) mass is 380 g/mol. The molecule has 3 rings (SSSR count). The lowest BCUT2D eigenvalue weighted by molar-refractivity contribution is 0.0939. The SMILES string of the molecule is COCCCNC(=O)c1nc(C(=O)NCc2ccc(C)cc2)n2ccccc12. The standard InChI is InChI=1S/C21H24N4O3/c1-15-7-9-16(10-8-15)14-23-21(27)19-24-18(17-6-3-4-12-25(17)19)20(26)22-11-5-13-28-2/h3-4,6-10,12H,5,11,13-14H2,1-2H3,(H,22,26)(H,23,27). The highest BCUT2D eigenvalue weighted by atomic mass is 16.5. The maximum atomic E-state index is 12.7. The molecule has 7 heteroatoms. The maximum absolute atomic E-state index is 12.7. The zero-order valence-corrected chi connectivity index (χ0v) is 16.1. The molecular formula is C21H24N4O3. The zero-order valence-electron chi connectivity index (χ0n) is 16.1. The van der Waals surface area contributed by atoms with Gasteiger partial charge in [-0.2, -0.15) is 0 Å². The zero-order chi connectivity index (χ0) is 19.9. The number of rotatable bonds is 8. The molecule has 1 aromatic carbocycles. The van der Waals surface area contributed by atoms with Crippen LogP contribution in [0.1, 0.15) is 38.7 Å². The van der Waals surface area contributed by atoms with E-state index in [0.717, 1.165) is 11.1 Å². The molecule has 2 heterocycles. The first-order valence-electron chi connectivity index (χ1n) is 9.18. The minimum atomic E-state index is -0.333. The molecule has 0 atom stereocenters. The van der Waals surface area contributed by atoms with Gasteiger partial charge in [0.1, 0.15) is 0 Å². The highest BCUT2D eigenvalue weighted by Gasteiger charge is 2.21. The van der Waals surface area contributed by atoms with Gasteiger partial charge < -0.3 is 15.4 Å². The van der Waals surface area contributed by atoms with Gasteiger partial charge in [-0.15, -0.1) is 0 Å². The first-order chi connectivity index (χ1) is 13.6. The van der Waals surface area contributed by atoms with E-state index in [4.69, 9.17) is 4.74 Å². The van der Waals surface area contributed by atoms with Gasteiger partial charge in [-0.3, -0.25) is 14.0 Å². The van der Waals surface area contributed by atoms with E-state index < -0.39 is 0 Å². The summed E-state index contributed by atoms with van der Waals surface area (Å²) in [6, 6.07) is 13.3. The number of ether oxygens (including phenoxy) is 1. The van der Waals surface area contributed by atoms with Gasteiger partial charge in [0.05, 0.1) is 5.52 Å². The lowest BCUT2D eigenvalue weighted by Crippen LogP contribution is -2.27. The molecule has 28 heavy (non-hydrogen) atoms. The summed E-state index contributed by atoms with van der Waals surface area (Å²) in [5.74, 6) is -0.456. The molecule has 2 N–H and O–H groups in total. The van der Waals surface area contributed by atoms with E-state index in [0.29, 0.717) is 31.6 Å². The molecular weight excluding hydrogens is 356 g/mol. The van der Waals surface area contributed by atoms with Crippen molar-refractivity contribution in [2.45, 2.75) is 19.9 Å². The number of hydrogen-bond donors (Lipinski definition) is 2. The van der Waals surface area contributed by atoms with Gasteiger partial charge in [0, 0.05) is 33.0 Å². The molecule has 0 fully saturated rings. The number of pyridine rings is 1. The van der Waals surface area contributed by atoms with Crippen LogP contribution in [-0.4, -0.2) is 41.5 Å². The Balaban J connectivity index is 1.76. The van der Waals surface area contributed by atoms with Gasteiger partial charge in [-0.25, -0.2) is 4.98 Å². The maximum Gasteiger partial charge on any atom is 0.287 e. The second kappa shape index (κ2) is 9.14. The highest BCUT2D eigenvalue weighted by molar-refractivity contribution is 6.02. The molecule has 0 radical (unpaired) electrons. The number of fused-ring (bicyclic) bond motifs is 1. The Morgan fingerprint density at radius 1 is 1.07 bits per heavy atom. The minimum Gasteiger partial charge on any atom is -0.385 e. The van der Waals surface area contributed by atoms with E-state index in [2.05, 4.69) is 15.6 Å². The Morgan fingerprint density at radius 3 is 2.61 bits per heavy atom. The normalized spacial score (nSPS) is 10.8. The smallest absolute Gasteiger partial charge is 0.287 e. The van der Waals surface area contributed by atoms with Crippen molar-refractivity contribution in [3.63, 3.8) is 0 Å². The Hall–Kier alpha value is -3.19. The second-order valence-corrected chi connectivity index (χ2v) is 6.51. The number of nitrogens with zero attached hydrogens (tertiary/aromatic N) is 2. The predicted octanol–water partition coefficient (Wildman–Crippen LogP) is 2.34. The quantitative estimate of drug-likeness (QED) is 0.588. The van der Waals surface area contributed by atoms with E-state index in [9.17, 15) is 9.59 Å². The van der Waals surface area contributed by atoms with Crippen LogP contribution >= 0.6 is 0 Å². The number of imidazole rings is 1. The second-order valence-electron chi connectivity index (χ2n) is 6.51. The summed E-state index contributed by atoms with van der Waals surface area (Å²) in [7, 11) is 1.62. The van der Waals surface area contributed by atoms with Crippen molar-refractivity contribution in [2.75, 3.05) is 20.3 Å². The number of methoxy groups -OCH3 is 1. The third-order valence-corrected chi connectivity index (χ3v) is 4.35. The molecule has 7 nitrogen and oxygen atoms in total. The van der Waals surface area contributed by atoms with Crippen LogP contribution in [0.3, 0.4) is 0 Å². The number of hydrogen-bond acceptors (Lipinski definition) is 4. The molecule has 0 saturated carbocycles. The summed E-state index contributed by atoms with van der Waals surface area (Å²) in [6.45, 7) is 3.45. The fourth-order valence-corrected chi connectivity index (χ4v) is 2.83. The number of carbonyl (C=O) groups is 2. The van der Waals surface area contributed by atoms with E-state index in [1.165, 1.54) is 0 Å². The van der Waals surface area contributed by atoms with Crippen molar-refractivity contribution in [1.82, 2.24) is 20.0 Å². The van der Waals surface area contributed by atoms with E-state index in [1.54, 1.807) is 29.8 Å². The third-order valence-electron chi connectivity index (χ3n) is 4.35. The van der Waals surface area contributed by atoms with Gasteiger partial charge in [0.25, 0.3) is 11.8 Å². The van der Waals surface area contributed by atoms with Crippen molar-refractivity contribution < 1.29 is 14.3 Å². The van der Waals surface area contributed by atoms with Crippen LogP contribution in [0.2, 0.25) is 0 Å². The molecule has 0 bridgehead atoms. The number of aromatic nitrogens is 2. The fourth-order valence-electron chi connectivity index (χ4n) is 2.83. The summed E-state index contributed by atoms with van der Waals surface area (Å²) in [5, 5.41) is 5.68. The van der Waals surface area contributed by atoms with E-state index >= 15 is 0 Å². The first kappa shape index (κ1) is 19.6. The Kier molecular flexibility index (Phi) is 6.39. The Bertz CT molecular complexity index is 963. The van der Waals surface area contributed by atoms with Crippen LogP contribution < -0.4 is 10.6 Å². The summed E-state index contributed by atoms with van der Waals surface area (Å²) in [4.78, 5) is 29.5. The Labute approximate surface area is 163 Å². The van der Waals surface area contributed by atoms with Crippen molar-refractivity contribution in [3.8, 4) is 0 Å². The fraction of sp³-hybridized carbons (Fsp3) is 0.286. The van der Waals surface area contributed by atoms with Crippen LogP contribution in [-0.2, 0) is 11.3 Å². The molecule has 3 aromatic rings. The molecule has 0 unspecified atom stereocenters. The summed E-state index contributed by atoms with van der Waals surface area (Å²) in [5.41, 5.74) is 2.98. The summed E-state index contributed by atoms with van der Waals surface area (Å²) >= 11 is 0. The summed E-state index contributed by atoms with van der Waals surface area (Å²) in [6.07, 6.45) is 2.43. The van der Waals surface area contributed by atoms with Gasteiger partial charge >= 0.3 is 0 Å². The molecule has 2 amide bonds. The average Bonchev–Trinajstić information content (AvgIpc) is 3.10. The number of carbonyl (C=O) groups excluding carboxylic acids is 2. The van der Waals surface area contributed by atoms with Crippen molar-refractivity contribution in [3.05, 3.63) is 71.3 Å². The van der Waals surface area contributed by atoms with Gasteiger partial charge in [-0.05, 0) is 31.0 Å². The summed E-state index contributed by atoms with van der Waals surface area (Å²) < 4.78 is 6.61. The van der Waals surface area contributed by atoms with Crippen molar-refractivity contribution in [1.29, 1.82) is 0 Å². The number of aryl methyl sites for hydroxylation is 1. The highest BCUT2D eigenvalue weighted by Crippen LogP contribution is 2.13. The number of benzene rings is 1. The van der Waals surface area contributed by atoms with Gasteiger partial charge in [0.2, 0.25) is 5.82 Å². The molecule has 0 aliphatic heterocycles. The minimum absolute atomic E-state index is 0.185. The molecule has 0 saturated heterocycles. The van der Waals surface area contributed by atoms with Crippen LogP contribution in [0.25, 0.3) is 5.52 Å². The largest absolute Gasteiger partial charge is 0.385 e. The topological polar surface area (TPSA) is 84.7 Å². The third kappa shape index (κ3) is 4.55. The van der Waals surface area contributed by atoms with Crippen LogP contribution in [0, 0.1) is 6.92 Å².